The van der Waals surface area contributed by atoms with E-state index in [0.29, 0.717) is 11.3 Å². The van der Waals surface area contributed by atoms with Crippen LogP contribution in [0.5, 0.6) is 0 Å². The Morgan fingerprint density at radius 2 is 1.79 bits per heavy atom. The number of nitrogens with one attached hydrogen (secondary N) is 1. The van der Waals surface area contributed by atoms with E-state index in [2.05, 4.69) is 33.4 Å². The van der Waals surface area contributed by atoms with Crippen molar-refractivity contribution < 1.29 is 9.18 Å². The monoisotopic (exact) mass is 463 g/mol. The molecule has 0 radical (unpaired) electrons. The Balaban J connectivity index is 0.00000259. The molecular weight excluding hydrogens is 437 g/mol. The molecule has 4 nitrogen and oxygen atoms in total. The van der Waals surface area contributed by atoms with Crippen LogP contribution in [0.1, 0.15) is 40.7 Å². The van der Waals surface area contributed by atoms with Gasteiger partial charge in [0.25, 0.3) is 5.91 Å². The topological polar surface area (TPSA) is 45.2 Å². The molecule has 1 N–H and O–H groups in total. The molecule has 1 saturated heterocycles. The van der Waals surface area contributed by atoms with Crippen molar-refractivity contribution in [2.45, 2.75) is 25.7 Å². The van der Waals surface area contributed by atoms with Crippen LogP contribution in [0.25, 0.3) is 17.3 Å². The molecule has 2 heterocycles. The lowest BCUT2D eigenvalue weighted by Crippen LogP contribution is -2.23. The van der Waals surface area contributed by atoms with E-state index >= 15 is 0 Å². The molecule has 1 aliphatic carbocycles. The average molecular weight is 464 g/mol. The first-order valence-electron chi connectivity index (χ1n) is 11.2. The molecule has 2 aliphatic rings. The summed E-state index contributed by atoms with van der Waals surface area (Å²) in [5.74, 6) is -0.475. The molecule has 33 heavy (non-hydrogen) atoms. The van der Waals surface area contributed by atoms with Gasteiger partial charge in [-0.1, -0.05) is 17.7 Å². The third-order valence-electron chi connectivity index (χ3n) is 6.27. The lowest BCUT2D eigenvalue weighted by atomic mass is 9.91. The second kappa shape index (κ2) is 10.3. The highest BCUT2D eigenvalue weighted by Gasteiger charge is 2.17. The maximum atomic E-state index is 13.1. The molecule has 2 aromatic carbocycles. The number of pyridine rings is 1. The molecule has 0 spiro atoms. The van der Waals surface area contributed by atoms with E-state index in [4.69, 9.17) is 0 Å². The zero-order valence-electron chi connectivity index (χ0n) is 18.4. The third-order valence-corrected chi connectivity index (χ3v) is 6.27. The van der Waals surface area contributed by atoms with Gasteiger partial charge in [0.2, 0.25) is 0 Å². The summed E-state index contributed by atoms with van der Waals surface area (Å²) in [6.07, 6.45) is 8.60. The highest BCUT2D eigenvalue weighted by molar-refractivity contribution is 6.04. The number of nitrogens with zero attached hydrogens (tertiary/aromatic N) is 2. The lowest BCUT2D eigenvalue weighted by molar-refractivity contribution is 0.102. The van der Waals surface area contributed by atoms with Crippen molar-refractivity contribution >= 4 is 30.1 Å². The van der Waals surface area contributed by atoms with Crippen LogP contribution in [0.2, 0.25) is 0 Å². The first kappa shape index (κ1) is 23.1. The normalized spacial score (nSPS) is 15.4. The van der Waals surface area contributed by atoms with E-state index < -0.39 is 0 Å². The fourth-order valence-corrected chi connectivity index (χ4v) is 4.50. The number of hydrogen-bond acceptors (Lipinski definition) is 3. The number of benzene rings is 2. The molecule has 1 fully saturated rings. The predicted molar refractivity (Wildman–Crippen MR) is 133 cm³/mol. The van der Waals surface area contributed by atoms with Crippen molar-refractivity contribution in [2.24, 2.45) is 0 Å². The number of fused-ring (bicyclic) bond motifs is 1. The van der Waals surface area contributed by atoms with Crippen LogP contribution in [0.3, 0.4) is 0 Å². The summed E-state index contributed by atoms with van der Waals surface area (Å²) >= 11 is 0. The van der Waals surface area contributed by atoms with Crippen LogP contribution in [0, 0.1) is 5.82 Å². The van der Waals surface area contributed by atoms with Crippen LogP contribution in [0.4, 0.5) is 10.1 Å². The van der Waals surface area contributed by atoms with Gasteiger partial charge in [0.15, 0.2) is 0 Å². The molecule has 1 aromatic heterocycles. The second-order valence-electron chi connectivity index (χ2n) is 8.59. The largest absolute Gasteiger partial charge is 0.322 e. The molecule has 3 aromatic rings. The number of halogens is 2. The fourth-order valence-electron chi connectivity index (χ4n) is 4.50. The molecule has 0 bridgehead atoms. The van der Waals surface area contributed by atoms with Crippen molar-refractivity contribution in [1.29, 1.82) is 0 Å². The van der Waals surface area contributed by atoms with E-state index in [-0.39, 0.29) is 24.1 Å². The standard InChI is InChI=1S/C27H26FN3O.ClH/c28-24-9-5-20(6-10-24)26-12-8-23(17-29-26)27(32)30-25-11-7-21-15-19(3-4-22(21)16-25)18-31-13-1-2-14-31;/h5-12,15-17H,1-4,13-14,18H2,(H,30,32);1H. The summed E-state index contributed by atoms with van der Waals surface area (Å²) in [4.78, 5) is 19.6. The molecule has 1 amide bonds. The Bertz CT molecular complexity index is 1150. The van der Waals surface area contributed by atoms with Gasteiger partial charge in [0.1, 0.15) is 5.82 Å². The minimum absolute atomic E-state index is 0. The van der Waals surface area contributed by atoms with E-state index in [9.17, 15) is 9.18 Å². The Morgan fingerprint density at radius 1 is 1.00 bits per heavy atom. The van der Waals surface area contributed by atoms with Gasteiger partial charge in [-0.25, -0.2) is 4.39 Å². The molecule has 0 unspecified atom stereocenters. The van der Waals surface area contributed by atoms with Gasteiger partial charge in [0, 0.05) is 24.0 Å². The molecule has 0 atom stereocenters. The van der Waals surface area contributed by atoms with Crippen molar-refractivity contribution in [3.8, 4) is 11.3 Å². The van der Waals surface area contributed by atoms with Crippen LogP contribution < -0.4 is 5.32 Å². The summed E-state index contributed by atoms with van der Waals surface area (Å²) in [6, 6.07) is 15.8. The van der Waals surface area contributed by atoms with Crippen molar-refractivity contribution in [2.75, 3.05) is 25.0 Å². The number of carbonyl (C=O) groups is 1. The molecule has 0 saturated carbocycles. The minimum atomic E-state index is -0.284. The van der Waals surface area contributed by atoms with Crippen LogP contribution in [0.15, 0.2) is 66.4 Å². The quantitative estimate of drug-likeness (QED) is 0.505. The number of hydrogen-bond donors (Lipinski definition) is 1. The third kappa shape index (κ3) is 5.49. The number of likely N-dealkylation sites (tertiary alicyclic amines) is 1. The van der Waals surface area contributed by atoms with Crippen molar-refractivity contribution in [3.05, 3.63) is 88.9 Å². The van der Waals surface area contributed by atoms with Crippen molar-refractivity contribution in [1.82, 2.24) is 9.88 Å². The SMILES string of the molecule is Cl.O=C(Nc1ccc2c(c1)CCC(CN1CCCC1)=C2)c1ccc(-c2ccc(F)cc2)nc1. The van der Waals surface area contributed by atoms with Crippen LogP contribution in [-0.2, 0) is 6.42 Å². The van der Waals surface area contributed by atoms with Crippen molar-refractivity contribution in [3.63, 3.8) is 0 Å². The predicted octanol–water partition coefficient (Wildman–Crippen LogP) is 5.99. The number of aryl methyl sites for hydroxylation is 1. The van der Waals surface area contributed by atoms with Gasteiger partial charge in [-0.15, -0.1) is 12.4 Å². The molecule has 6 heteroatoms. The molecule has 5 rings (SSSR count). The maximum absolute atomic E-state index is 13.1. The van der Waals surface area contributed by atoms with Gasteiger partial charge in [-0.3, -0.25) is 14.7 Å². The molecule has 170 valence electrons. The maximum Gasteiger partial charge on any atom is 0.257 e. The van der Waals surface area contributed by atoms with Gasteiger partial charge in [-0.05, 0) is 98.4 Å². The summed E-state index contributed by atoms with van der Waals surface area (Å²) < 4.78 is 13.1. The summed E-state index contributed by atoms with van der Waals surface area (Å²) in [7, 11) is 0. The van der Waals surface area contributed by atoms with Gasteiger partial charge < -0.3 is 5.32 Å². The molecular formula is C27H27ClFN3O. The zero-order valence-corrected chi connectivity index (χ0v) is 19.2. The van der Waals surface area contributed by atoms with Gasteiger partial charge in [0.05, 0.1) is 11.3 Å². The Labute approximate surface area is 200 Å². The number of anilines is 1. The van der Waals surface area contributed by atoms with Crippen LogP contribution in [-0.4, -0.2) is 35.4 Å². The summed E-state index contributed by atoms with van der Waals surface area (Å²) in [5.41, 5.74) is 6.83. The Morgan fingerprint density at radius 3 is 2.52 bits per heavy atom. The lowest BCUT2D eigenvalue weighted by Gasteiger charge is -2.22. The first-order chi connectivity index (χ1) is 15.6. The summed E-state index contributed by atoms with van der Waals surface area (Å²) in [6.45, 7) is 3.52. The summed E-state index contributed by atoms with van der Waals surface area (Å²) in [5, 5.41) is 2.99. The molecule has 1 aliphatic heterocycles. The Hall–Kier alpha value is -3.02. The van der Waals surface area contributed by atoms with E-state index in [1.165, 1.54) is 54.8 Å². The van der Waals surface area contributed by atoms with Crippen LogP contribution >= 0.6 is 12.4 Å². The van der Waals surface area contributed by atoms with E-state index in [1.807, 2.05) is 6.07 Å². The number of rotatable bonds is 5. The highest BCUT2D eigenvalue weighted by Crippen LogP contribution is 2.28. The fraction of sp³-hybridized carbons (Fsp3) is 0.259. The second-order valence-corrected chi connectivity index (χ2v) is 8.59. The highest BCUT2D eigenvalue weighted by atomic mass is 35.5. The average Bonchev–Trinajstić information content (AvgIpc) is 3.33. The number of aromatic nitrogens is 1. The number of carbonyl (C=O) groups excluding carboxylic acids is 1. The Kier molecular flexibility index (Phi) is 7.21. The van der Waals surface area contributed by atoms with Gasteiger partial charge in [-0.2, -0.15) is 0 Å². The number of amides is 1. The van der Waals surface area contributed by atoms with E-state index in [1.54, 1.807) is 30.5 Å². The zero-order chi connectivity index (χ0) is 21.9. The smallest absolute Gasteiger partial charge is 0.257 e. The first-order valence-corrected chi connectivity index (χ1v) is 11.2. The van der Waals surface area contributed by atoms with E-state index in [0.717, 1.165) is 30.6 Å². The van der Waals surface area contributed by atoms with Gasteiger partial charge >= 0.3 is 0 Å². The minimum Gasteiger partial charge on any atom is -0.322 e.